The van der Waals surface area contributed by atoms with Crippen LogP contribution in [0.25, 0.3) is 11.3 Å². The summed E-state index contributed by atoms with van der Waals surface area (Å²) in [6.45, 7) is 0. The summed E-state index contributed by atoms with van der Waals surface area (Å²) in [4.78, 5) is 8.07. The van der Waals surface area contributed by atoms with E-state index in [0.29, 0.717) is 11.1 Å². The van der Waals surface area contributed by atoms with Crippen LogP contribution in [0.4, 0.5) is 0 Å². The standard InChI is InChI=1S/C13H11ClN2O/c14-11-7-9(12-5-6-15-8-16-12)1-4-13(11)17-10-2-3-10/h1,4-8,10H,2-3H2. The molecule has 1 aliphatic rings. The summed E-state index contributed by atoms with van der Waals surface area (Å²) in [6.07, 6.45) is 5.86. The Hall–Kier alpha value is -1.61. The summed E-state index contributed by atoms with van der Waals surface area (Å²) in [5.74, 6) is 0.756. The lowest BCUT2D eigenvalue weighted by Gasteiger charge is -2.08. The van der Waals surface area contributed by atoms with Crippen molar-refractivity contribution in [1.29, 1.82) is 0 Å². The molecule has 2 aromatic rings. The predicted molar refractivity (Wildman–Crippen MR) is 66.1 cm³/mol. The van der Waals surface area contributed by atoms with Gasteiger partial charge < -0.3 is 4.74 Å². The van der Waals surface area contributed by atoms with Gasteiger partial charge in [0.25, 0.3) is 0 Å². The number of aromatic nitrogens is 2. The number of benzene rings is 1. The Morgan fingerprint density at radius 2 is 2.12 bits per heavy atom. The Labute approximate surface area is 104 Å². The van der Waals surface area contributed by atoms with Crippen molar-refractivity contribution >= 4 is 11.6 Å². The highest BCUT2D eigenvalue weighted by molar-refractivity contribution is 6.32. The summed E-state index contributed by atoms with van der Waals surface area (Å²) in [7, 11) is 0. The Morgan fingerprint density at radius 1 is 1.24 bits per heavy atom. The van der Waals surface area contributed by atoms with Gasteiger partial charge in [-0.05, 0) is 37.1 Å². The normalized spacial score (nSPS) is 14.6. The monoisotopic (exact) mass is 246 g/mol. The van der Waals surface area contributed by atoms with E-state index in [4.69, 9.17) is 16.3 Å². The second-order valence-corrected chi connectivity index (χ2v) is 4.46. The highest BCUT2D eigenvalue weighted by atomic mass is 35.5. The first-order valence-electron chi connectivity index (χ1n) is 5.55. The maximum absolute atomic E-state index is 6.18. The summed E-state index contributed by atoms with van der Waals surface area (Å²) in [6, 6.07) is 7.60. The second kappa shape index (κ2) is 4.34. The highest BCUT2D eigenvalue weighted by Gasteiger charge is 2.24. The molecule has 86 valence electrons. The van der Waals surface area contributed by atoms with Crippen molar-refractivity contribution in [3.05, 3.63) is 41.8 Å². The number of ether oxygens (including phenoxy) is 1. The summed E-state index contributed by atoms with van der Waals surface area (Å²) < 4.78 is 5.68. The number of hydrogen-bond donors (Lipinski definition) is 0. The lowest BCUT2D eigenvalue weighted by molar-refractivity contribution is 0.303. The van der Waals surface area contributed by atoms with Gasteiger partial charge in [-0.25, -0.2) is 9.97 Å². The van der Waals surface area contributed by atoms with Gasteiger partial charge in [0.05, 0.1) is 16.8 Å². The van der Waals surface area contributed by atoms with E-state index in [2.05, 4.69) is 9.97 Å². The molecule has 1 fully saturated rings. The average Bonchev–Trinajstić information content (AvgIpc) is 3.17. The third-order valence-corrected chi connectivity index (χ3v) is 2.92. The SMILES string of the molecule is Clc1cc(-c2ccncn2)ccc1OC1CC1. The number of nitrogens with zero attached hydrogens (tertiary/aromatic N) is 2. The van der Waals surface area contributed by atoms with Crippen LogP contribution in [-0.2, 0) is 0 Å². The maximum atomic E-state index is 6.18. The van der Waals surface area contributed by atoms with Gasteiger partial charge >= 0.3 is 0 Å². The fourth-order valence-electron chi connectivity index (χ4n) is 1.58. The Balaban J connectivity index is 1.89. The molecule has 3 nitrogen and oxygen atoms in total. The minimum absolute atomic E-state index is 0.359. The van der Waals surface area contributed by atoms with E-state index in [0.717, 1.165) is 29.8 Å². The average molecular weight is 247 g/mol. The predicted octanol–water partition coefficient (Wildman–Crippen LogP) is 3.34. The van der Waals surface area contributed by atoms with Crippen LogP contribution in [0.5, 0.6) is 5.75 Å². The highest BCUT2D eigenvalue weighted by Crippen LogP contribution is 2.34. The quantitative estimate of drug-likeness (QED) is 0.833. The van der Waals surface area contributed by atoms with E-state index >= 15 is 0 Å². The van der Waals surface area contributed by atoms with Crippen LogP contribution in [0.1, 0.15) is 12.8 Å². The van der Waals surface area contributed by atoms with Gasteiger partial charge in [0.1, 0.15) is 12.1 Å². The molecular weight excluding hydrogens is 236 g/mol. The van der Waals surface area contributed by atoms with Gasteiger partial charge in [0.2, 0.25) is 0 Å². The molecule has 0 aliphatic heterocycles. The van der Waals surface area contributed by atoms with E-state index in [9.17, 15) is 0 Å². The van der Waals surface area contributed by atoms with Crippen molar-refractivity contribution in [2.75, 3.05) is 0 Å². The van der Waals surface area contributed by atoms with Gasteiger partial charge in [-0.2, -0.15) is 0 Å². The summed E-state index contributed by atoms with van der Waals surface area (Å²) >= 11 is 6.18. The van der Waals surface area contributed by atoms with E-state index in [-0.39, 0.29) is 0 Å². The van der Waals surface area contributed by atoms with Crippen molar-refractivity contribution in [2.24, 2.45) is 0 Å². The molecule has 0 bridgehead atoms. The van der Waals surface area contributed by atoms with Crippen LogP contribution in [0.3, 0.4) is 0 Å². The topological polar surface area (TPSA) is 35.0 Å². The number of hydrogen-bond acceptors (Lipinski definition) is 3. The molecule has 1 aromatic carbocycles. The van der Waals surface area contributed by atoms with Crippen LogP contribution < -0.4 is 4.74 Å². The Kier molecular flexibility index (Phi) is 2.69. The Morgan fingerprint density at radius 3 is 2.76 bits per heavy atom. The molecule has 17 heavy (non-hydrogen) atoms. The maximum Gasteiger partial charge on any atom is 0.138 e. The van der Waals surface area contributed by atoms with Crippen molar-refractivity contribution in [1.82, 2.24) is 9.97 Å². The molecule has 0 spiro atoms. The third kappa shape index (κ3) is 2.39. The molecule has 0 N–H and O–H groups in total. The van der Waals surface area contributed by atoms with E-state index in [1.165, 1.54) is 6.33 Å². The first-order chi connectivity index (χ1) is 8.33. The van der Waals surface area contributed by atoms with Crippen molar-refractivity contribution in [3.63, 3.8) is 0 Å². The van der Waals surface area contributed by atoms with E-state index in [1.807, 2.05) is 24.3 Å². The molecule has 1 saturated carbocycles. The van der Waals surface area contributed by atoms with Crippen LogP contribution in [-0.4, -0.2) is 16.1 Å². The summed E-state index contributed by atoms with van der Waals surface area (Å²) in [5, 5.41) is 0.632. The van der Waals surface area contributed by atoms with Gasteiger partial charge in [0.15, 0.2) is 0 Å². The fraction of sp³-hybridized carbons (Fsp3) is 0.231. The van der Waals surface area contributed by atoms with Crippen molar-refractivity contribution < 1.29 is 4.74 Å². The Bertz CT molecular complexity index is 526. The minimum Gasteiger partial charge on any atom is -0.489 e. The molecule has 0 atom stereocenters. The van der Waals surface area contributed by atoms with E-state index < -0.39 is 0 Å². The van der Waals surface area contributed by atoms with Crippen LogP contribution >= 0.6 is 11.6 Å². The zero-order chi connectivity index (χ0) is 11.7. The van der Waals surface area contributed by atoms with Crippen LogP contribution in [0.15, 0.2) is 36.8 Å². The van der Waals surface area contributed by atoms with Gasteiger partial charge in [-0.1, -0.05) is 11.6 Å². The molecule has 0 unspecified atom stereocenters. The van der Waals surface area contributed by atoms with Crippen LogP contribution in [0.2, 0.25) is 5.02 Å². The summed E-state index contributed by atoms with van der Waals surface area (Å²) in [5.41, 5.74) is 1.83. The second-order valence-electron chi connectivity index (χ2n) is 4.06. The number of halogens is 1. The fourth-order valence-corrected chi connectivity index (χ4v) is 1.81. The van der Waals surface area contributed by atoms with Crippen molar-refractivity contribution in [3.8, 4) is 17.0 Å². The zero-order valence-electron chi connectivity index (χ0n) is 9.14. The molecule has 1 aromatic heterocycles. The first kappa shape index (κ1) is 10.5. The van der Waals surface area contributed by atoms with Gasteiger partial charge in [-0.3, -0.25) is 0 Å². The van der Waals surface area contributed by atoms with Crippen LogP contribution in [0, 0.1) is 0 Å². The van der Waals surface area contributed by atoms with Gasteiger partial charge in [0, 0.05) is 11.8 Å². The molecule has 1 heterocycles. The largest absolute Gasteiger partial charge is 0.489 e. The molecule has 1 aliphatic carbocycles. The van der Waals surface area contributed by atoms with Gasteiger partial charge in [-0.15, -0.1) is 0 Å². The minimum atomic E-state index is 0.359. The molecule has 0 amide bonds. The zero-order valence-corrected chi connectivity index (χ0v) is 9.89. The number of rotatable bonds is 3. The lowest BCUT2D eigenvalue weighted by Crippen LogP contribution is -1.96. The third-order valence-electron chi connectivity index (χ3n) is 2.63. The smallest absolute Gasteiger partial charge is 0.138 e. The molecule has 4 heteroatoms. The molecule has 3 rings (SSSR count). The molecular formula is C13H11ClN2O. The molecule has 0 radical (unpaired) electrons. The van der Waals surface area contributed by atoms with Crippen molar-refractivity contribution in [2.45, 2.75) is 18.9 Å². The first-order valence-corrected chi connectivity index (χ1v) is 5.93. The lowest BCUT2D eigenvalue weighted by atomic mass is 10.1. The van der Waals surface area contributed by atoms with E-state index in [1.54, 1.807) is 6.20 Å². The molecule has 0 saturated heterocycles.